The second-order valence-electron chi connectivity index (χ2n) is 18.2. The molecule has 0 aliphatic carbocycles. The number of nitrogens with zero attached hydrogens (tertiary/aromatic N) is 2. The summed E-state index contributed by atoms with van der Waals surface area (Å²) >= 11 is 0. The molecule has 4 rings (SSSR count). The van der Waals surface area contributed by atoms with E-state index in [1.54, 1.807) is 0 Å². The second kappa shape index (κ2) is 19.0. The summed E-state index contributed by atoms with van der Waals surface area (Å²) in [6, 6.07) is 20.6. The third kappa shape index (κ3) is 14.9. The fraction of sp³-hybridized carbons (Fsp3) is 0.682. The van der Waals surface area contributed by atoms with E-state index in [0.29, 0.717) is 38.1 Å². The molecule has 2 aromatic carbocycles. The van der Waals surface area contributed by atoms with Crippen LogP contribution in [0.2, 0.25) is 0 Å². The average Bonchev–Trinajstić information content (AvgIpc) is 3.05. The van der Waals surface area contributed by atoms with Gasteiger partial charge in [0.05, 0.1) is 12.8 Å². The Morgan fingerprint density at radius 2 is 0.865 bits per heavy atom. The predicted molar refractivity (Wildman–Crippen MR) is 212 cm³/mol. The van der Waals surface area contributed by atoms with Crippen molar-refractivity contribution in [2.75, 3.05) is 26.2 Å². The van der Waals surface area contributed by atoms with Crippen molar-refractivity contribution in [1.82, 2.24) is 20.4 Å². The van der Waals surface area contributed by atoms with Crippen LogP contribution in [0.1, 0.15) is 131 Å². The molecule has 2 aliphatic heterocycles. The molecule has 8 nitrogen and oxygen atoms in total. The number of piperidine rings is 2. The van der Waals surface area contributed by atoms with Crippen LogP contribution in [0.25, 0.3) is 0 Å². The van der Waals surface area contributed by atoms with Crippen molar-refractivity contribution >= 4 is 11.9 Å². The Kier molecular flexibility index (Phi) is 15.3. The molecule has 2 N–H and O–H groups in total. The highest BCUT2D eigenvalue weighted by molar-refractivity contribution is 5.70. The molecule has 2 aromatic rings. The molecule has 2 saturated heterocycles. The number of rotatable bonds is 19. The quantitative estimate of drug-likeness (QED) is 0.112. The minimum absolute atomic E-state index is 0.0354. The number of esters is 2. The van der Waals surface area contributed by atoms with Gasteiger partial charge in [0.2, 0.25) is 0 Å². The first-order valence-electron chi connectivity index (χ1n) is 20.0. The van der Waals surface area contributed by atoms with Gasteiger partial charge in [0.25, 0.3) is 0 Å². The molecule has 8 heteroatoms. The zero-order valence-corrected chi connectivity index (χ0v) is 33.8. The monoisotopic (exact) mass is 719 g/mol. The Morgan fingerprint density at radius 3 is 1.19 bits per heavy atom. The highest BCUT2D eigenvalue weighted by Crippen LogP contribution is 2.33. The first-order valence-corrected chi connectivity index (χ1v) is 20.0. The molecule has 0 atom stereocenters. The Hall–Kier alpha value is -2.78. The largest absolute Gasteiger partial charge is 0.461 e. The molecule has 290 valence electrons. The van der Waals surface area contributed by atoms with Crippen LogP contribution >= 0.6 is 0 Å². The van der Waals surface area contributed by atoms with Crippen molar-refractivity contribution in [2.45, 2.75) is 167 Å². The summed E-state index contributed by atoms with van der Waals surface area (Å²) in [6.45, 7) is 22.4. The fourth-order valence-electron chi connectivity index (χ4n) is 9.08. The Morgan fingerprint density at radius 1 is 0.538 bits per heavy atom. The molecule has 0 spiro atoms. The van der Waals surface area contributed by atoms with E-state index in [-0.39, 0.29) is 34.1 Å². The number of carbonyl (C=O) groups excluding carboxylic acids is 2. The SMILES string of the molecule is CC1(C)CC(N(CCCCCCN(CCC(=O)OCc2ccccc2)C2CC(C)(C)NC(C)(C)C2)CCC(=O)OCc2ccccc2)CC(C)(C)N1. The lowest BCUT2D eigenvalue weighted by Gasteiger charge is -2.50. The first-order chi connectivity index (χ1) is 24.5. The summed E-state index contributed by atoms with van der Waals surface area (Å²) in [5.74, 6) is -0.260. The zero-order chi connectivity index (χ0) is 37.8. The molecular formula is C44H70N4O4. The van der Waals surface area contributed by atoms with E-state index < -0.39 is 0 Å². The Bertz CT molecular complexity index is 1240. The van der Waals surface area contributed by atoms with E-state index in [1.807, 2.05) is 60.7 Å². The lowest BCUT2D eigenvalue weighted by Crippen LogP contribution is -2.62. The van der Waals surface area contributed by atoms with Crippen LogP contribution in [0.5, 0.6) is 0 Å². The van der Waals surface area contributed by atoms with Crippen molar-refractivity contribution < 1.29 is 19.1 Å². The van der Waals surface area contributed by atoms with Crippen molar-refractivity contribution in [3.63, 3.8) is 0 Å². The summed E-state index contributed by atoms with van der Waals surface area (Å²) in [5, 5.41) is 7.66. The standard InChI is InChI=1S/C44H70N4O4/c1-41(2)29-37(30-42(3,4)45-41)47(27-23-39(49)51-33-35-19-13-11-14-20-35)25-17-9-10-18-26-48(38-31-43(5,6)46-44(7,8)32-38)28-24-40(50)52-34-36-21-15-12-16-22-36/h11-16,19-22,37-38,45-46H,9-10,17-18,23-34H2,1-8H3. The van der Waals surface area contributed by atoms with E-state index in [4.69, 9.17) is 9.47 Å². The van der Waals surface area contributed by atoms with Crippen LogP contribution in [0.15, 0.2) is 60.7 Å². The van der Waals surface area contributed by atoms with Crippen molar-refractivity contribution in [3.05, 3.63) is 71.8 Å². The van der Waals surface area contributed by atoms with Gasteiger partial charge < -0.3 is 20.1 Å². The summed E-state index contributed by atoms with van der Waals surface area (Å²) in [4.78, 5) is 30.8. The van der Waals surface area contributed by atoms with Crippen molar-refractivity contribution in [2.24, 2.45) is 0 Å². The maximum atomic E-state index is 12.8. The molecule has 2 heterocycles. The van der Waals surface area contributed by atoms with Crippen molar-refractivity contribution in [1.29, 1.82) is 0 Å². The molecule has 0 bridgehead atoms. The number of ether oxygens (including phenoxy) is 2. The van der Waals surface area contributed by atoms with Gasteiger partial charge in [-0.2, -0.15) is 0 Å². The molecule has 0 radical (unpaired) electrons. The summed E-state index contributed by atoms with van der Waals surface area (Å²) in [7, 11) is 0. The Balaban J connectivity index is 1.29. The lowest BCUT2D eigenvalue weighted by atomic mass is 9.79. The number of hydrogen-bond donors (Lipinski definition) is 2. The van der Waals surface area contributed by atoms with Gasteiger partial charge in [-0.05, 0) is 118 Å². The highest BCUT2D eigenvalue weighted by atomic mass is 16.5. The van der Waals surface area contributed by atoms with Gasteiger partial charge in [-0.25, -0.2) is 0 Å². The van der Waals surface area contributed by atoms with Crippen LogP contribution in [-0.4, -0.2) is 82.2 Å². The maximum absolute atomic E-state index is 12.8. The van der Waals surface area contributed by atoms with Gasteiger partial charge in [0.1, 0.15) is 13.2 Å². The van der Waals surface area contributed by atoms with Crippen LogP contribution < -0.4 is 10.6 Å². The molecule has 0 amide bonds. The molecule has 0 saturated carbocycles. The lowest BCUT2D eigenvalue weighted by molar-refractivity contribution is -0.146. The molecule has 52 heavy (non-hydrogen) atoms. The zero-order valence-electron chi connectivity index (χ0n) is 33.8. The smallest absolute Gasteiger partial charge is 0.307 e. The molecular weight excluding hydrogens is 649 g/mol. The van der Waals surface area contributed by atoms with Gasteiger partial charge in [0, 0.05) is 47.3 Å². The number of carbonyl (C=O) groups is 2. The van der Waals surface area contributed by atoms with Gasteiger partial charge >= 0.3 is 11.9 Å². The van der Waals surface area contributed by atoms with E-state index in [1.165, 1.54) is 0 Å². The molecule has 0 aromatic heterocycles. The number of hydrogen-bond acceptors (Lipinski definition) is 8. The van der Waals surface area contributed by atoms with E-state index >= 15 is 0 Å². The predicted octanol–water partition coefficient (Wildman–Crippen LogP) is 8.04. The molecule has 0 unspecified atom stereocenters. The van der Waals surface area contributed by atoms with Crippen LogP contribution in [0.3, 0.4) is 0 Å². The van der Waals surface area contributed by atoms with E-state index in [0.717, 1.165) is 88.7 Å². The van der Waals surface area contributed by atoms with Gasteiger partial charge in [-0.15, -0.1) is 0 Å². The molecule has 2 aliphatic rings. The minimum atomic E-state index is -0.130. The van der Waals surface area contributed by atoms with Crippen molar-refractivity contribution in [3.8, 4) is 0 Å². The summed E-state index contributed by atoms with van der Waals surface area (Å²) < 4.78 is 11.3. The van der Waals surface area contributed by atoms with Gasteiger partial charge in [-0.1, -0.05) is 73.5 Å². The van der Waals surface area contributed by atoms with E-state index in [2.05, 4.69) is 75.8 Å². The maximum Gasteiger partial charge on any atom is 0.307 e. The fourth-order valence-corrected chi connectivity index (χ4v) is 9.08. The highest BCUT2D eigenvalue weighted by Gasteiger charge is 2.41. The van der Waals surface area contributed by atoms with Crippen LogP contribution in [0.4, 0.5) is 0 Å². The number of nitrogens with one attached hydrogen (secondary N) is 2. The van der Waals surface area contributed by atoms with E-state index in [9.17, 15) is 9.59 Å². The van der Waals surface area contributed by atoms with Gasteiger partial charge in [-0.3, -0.25) is 19.4 Å². The number of benzene rings is 2. The molecule has 2 fully saturated rings. The van der Waals surface area contributed by atoms with Crippen LogP contribution in [0, 0.1) is 0 Å². The second-order valence-corrected chi connectivity index (χ2v) is 18.2. The topological polar surface area (TPSA) is 83.1 Å². The normalized spacial score (nSPS) is 19.8. The number of unbranched alkanes of at least 4 members (excludes halogenated alkanes) is 3. The Labute approximate surface area is 315 Å². The van der Waals surface area contributed by atoms with Gasteiger partial charge in [0.15, 0.2) is 0 Å². The third-order valence-corrected chi connectivity index (χ3v) is 10.7. The van der Waals surface area contributed by atoms with Crippen LogP contribution in [-0.2, 0) is 32.3 Å². The third-order valence-electron chi connectivity index (χ3n) is 10.7. The summed E-state index contributed by atoms with van der Waals surface area (Å²) in [5.41, 5.74) is 2.18. The first kappa shape index (κ1) is 42.0. The average molecular weight is 719 g/mol. The minimum Gasteiger partial charge on any atom is -0.461 e. The summed E-state index contributed by atoms with van der Waals surface area (Å²) in [6.07, 6.45) is 9.52.